The molecule has 0 bridgehead atoms. The molecule has 0 heterocycles. The molecule has 1 rings (SSSR count). The summed E-state index contributed by atoms with van der Waals surface area (Å²) in [6, 6.07) is 6.72. The van der Waals surface area contributed by atoms with Crippen molar-refractivity contribution >= 4 is 23.3 Å². The predicted molar refractivity (Wildman–Crippen MR) is 67.6 cm³/mol. The SMILES string of the molecule is CC(C)/C=C/NC(=O)Nc1cccc(Cl)c1. The molecule has 0 aliphatic carbocycles. The van der Waals surface area contributed by atoms with Crippen LogP contribution in [0, 0.1) is 5.92 Å². The molecule has 0 spiro atoms. The zero-order chi connectivity index (χ0) is 12.0. The Balaban J connectivity index is 2.46. The molecule has 4 heteroatoms. The number of carbonyl (C=O) groups excluding carboxylic acids is 1. The number of benzene rings is 1. The number of hydrogen-bond acceptors (Lipinski definition) is 1. The zero-order valence-electron chi connectivity index (χ0n) is 9.33. The molecule has 0 unspecified atom stereocenters. The number of urea groups is 1. The minimum Gasteiger partial charge on any atom is -0.315 e. The fourth-order valence-corrected chi connectivity index (χ4v) is 1.24. The summed E-state index contributed by atoms with van der Waals surface area (Å²) in [6.45, 7) is 4.07. The van der Waals surface area contributed by atoms with Gasteiger partial charge in [-0.15, -0.1) is 0 Å². The van der Waals surface area contributed by atoms with Crippen molar-refractivity contribution in [2.75, 3.05) is 5.32 Å². The number of hydrogen-bond donors (Lipinski definition) is 2. The molecule has 0 saturated carbocycles. The molecule has 2 N–H and O–H groups in total. The monoisotopic (exact) mass is 238 g/mol. The van der Waals surface area contributed by atoms with Gasteiger partial charge in [0.05, 0.1) is 0 Å². The molecule has 0 radical (unpaired) electrons. The summed E-state index contributed by atoms with van der Waals surface area (Å²) < 4.78 is 0. The third kappa shape index (κ3) is 4.84. The van der Waals surface area contributed by atoms with Crippen LogP contribution in [0.4, 0.5) is 10.5 Å². The number of nitrogens with one attached hydrogen (secondary N) is 2. The maximum Gasteiger partial charge on any atom is 0.323 e. The largest absolute Gasteiger partial charge is 0.323 e. The second kappa shape index (κ2) is 6.18. The summed E-state index contributed by atoms with van der Waals surface area (Å²) >= 11 is 5.79. The molecular weight excluding hydrogens is 224 g/mol. The van der Waals surface area contributed by atoms with Gasteiger partial charge in [0.2, 0.25) is 0 Å². The van der Waals surface area contributed by atoms with E-state index in [2.05, 4.69) is 10.6 Å². The highest BCUT2D eigenvalue weighted by atomic mass is 35.5. The third-order valence-corrected chi connectivity index (χ3v) is 2.01. The van der Waals surface area contributed by atoms with Crippen LogP contribution in [-0.2, 0) is 0 Å². The summed E-state index contributed by atoms with van der Waals surface area (Å²) in [5.74, 6) is 0.409. The summed E-state index contributed by atoms with van der Waals surface area (Å²) in [5, 5.41) is 5.87. The summed E-state index contributed by atoms with van der Waals surface area (Å²) in [4.78, 5) is 11.4. The molecule has 0 atom stereocenters. The highest BCUT2D eigenvalue weighted by Gasteiger charge is 1.99. The topological polar surface area (TPSA) is 41.1 Å². The molecule has 0 fully saturated rings. The Labute approximate surface area is 100 Å². The molecule has 0 aromatic heterocycles. The Morgan fingerprint density at radius 3 is 2.81 bits per heavy atom. The molecule has 0 aliphatic heterocycles. The lowest BCUT2D eigenvalue weighted by Crippen LogP contribution is -2.23. The van der Waals surface area contributed by atoms with Crippen molar-refractivity contribution in [1.29, 1.82) is 0 Å². The Morgan fingerprint density at radius 1 is 1.44 bits per heavy atom. The van der Waals surface area contributed by atoms with Gasteiger partial charge < -0.3 is 10.6 Å². The van der Waals surface area contributed by atoms with Gasteiger partial charge in [-0.25, -0.2) is 4.79 Å². The highest BCUT2D eigenvalue weighted by molar-refractivity contribution is 6.30. The van der Waals surface area contributed by atoms with E-state index < -0.39 is 0 Å². The van der Waals surface area contributed by atoms with E-state index in [1.807, 2.05) is 19.9 Å². The molecule has 0 saturated heterocycles. The minimum atomic E-state index is -0.279. The number of anilines is 1. The van der Waals surface area contributed by atoms with Gasteiger partial charge in [-0.2, -0.15) is 0 Å². The normalized spacial score (nSPS) is 10.8. The van der Waals surface area contributed by atoms with Gasteiger partial charge in [-0.1, -0.05) is 37.6 Å². The van der Waals surface area contributed by atoms with E-state index in [-0.39, 0.29) is 6.03 Å². The Kier molecular flexibility index (Phi) is 4.86. The van der Waals surface area contributed by atoms with Crippen molar-refractivity contribution in [3.8, 4) is 0 Å². The predicted octanol–water partition coefficient (Wildman–Crippen LogP) is 3.63. The van der Waals surface area contributed by atoms with Crippen LogP contribution in [-0.4, -0.2) is 6.03 Å². The quantitative estimate of drug-likeness (QED) is 0.830. The average Bonchev–Trinajstić information content (AvgIpc) is 2.16. The first-order valence-electron chi connectivity index (χ1n) is 5.07. The van der Waals surface area contributed by atoms with Crippen molar-refractivity contribution in [1.82, 2.24) is 5.32 Å². The van der Waals surface area contributed by atoms with Crippen LogP contribution in [0.25, 0.3) is 0 Å². The van der Waals surface area contributed by atoms with Crippen LogP contribution in [0.5, 0.6) is 0 Å². The molecule has 1 aromatic rings. The van der Waals surface area contributed by atoms with Crippen LogP contribution in [0.3, 0.4) is 0 Å². The van der Waals surface area contributed by atoms with E-state index in [0.29, 0.717) is 16.6 Å². The molecule has 3 nitrogen and oxygen atoms in total. The Bertz CT molecular complexity index is 388. The highest BCUT2D eigenvalue weighted by Crippen LogP contribution is 2.14. The number of amides is 2. The van der Waals surface area contributed by atoms with Gasteiger partial charge in [-0.3, -0.25) is 0 Å². The van der Waals surface area contributed by atoms with E-state index in [9.17, 15) is 4.79 Å². The van der Waals surface area contributed by atoms with E-state index in [1.54, 1.807) is 30.5 Å². The van der Waals surface area contributed by atoms with Crippen LogP contribution in [0.15, 0.2) is 36.5 Å². The number of rotatable bonds is 3. The fourth-order valence-electron chi connectivity index (χ4n) is 1.05. The third-order valence-electron chi connectivity index (χ3n) is 1.78. The van der Waals surface area contributed by atoms with Crippen molar-refractivity contribution in [3.63, 3.8) is 0 Å². The van der Waals surface area contributed by atoms with Crippen molar-refractivity contribution in [2.45, 2.75) is 13.8 Å². The van der Waals surface area contributed by atoms with E-state index in [4.69, 9.17) is 11.6 Å². The van der Waals surface area contributed by atoms with E-state index in [1.165, 1.54) is 0 Å². The van der Waals surface area contributed by atoms with Gasteiger partial charge in [0.1, 0.15) is 0 Å². The van der Waals surface area contributed by atoms with Crippen LogP contribution in [0.2, 0.25) is 5.02 Å². The average molecular weight is 239 g/mol. The second-order valence-corrected chi connectivity index (χ2v) is 4.15. The first-order valence-corrected chi connectivity index (χ1v) is 5.45. The second-order valence-electron chi connectivity index (χ2n) is 3.71. The molecule has 1 aromatic carbocycles. The minimum absolute atomic E-state index is 0.279. The lowest BCUT2D eigenvalue weighted by atomic mass is 10.2. The first kappa shape index (κ1) is 12.6. The summed E-state index contributed by atoms with van der Waals surface area (Å²) in [5.41, 5.74) is 0.669. The molecule has 0 aliphatic rings. The molecular formula is C12H15ClN2O. The molecule has 2 amide bonds. The standard InChI is InChI=1S/C12H15ClN2O/c1-9(2)6-7-14-12(16)15-11-5-3-4-10(13)8-11/h3-9H,1-2H3,(H2,14,15,16)/b7-6+. The maximum absolute atomic E-state index is 11.4. The number of carbonyl (C=O) groups is 1. The van der Waals surface area contributed by atoms with Gasteiger partial charge >= 0.3 is 6.03 Å². The lowest BCUT2D eigenvalue weighted by molar-refractivity contribution is 0.255. The van der Waals surface area contributed by atoms with Gasteiger partial charge in [0, 0.05) is 16.9 Å². The van der Waals surface area contributed by atoms with Gasteiger partial charge in [-0.05, 0) is 24.1 Å². The van der Waals surface area contributed by atoms with Gasteiger partial charge in [0.15, 0.2) is 0 Å². The summed E-state index contributed by atoms with van der Waals surface area (Å²) in [6.07, 6.45) is 3.53. The molecule has 86 valence electrons. The Morgan fingerprint density at radius 2 is 2.19 bits per heavy atom. The van der Waals surface area contributed by atoms with E-state index >= 15 is 0 Å². The van der Waals surface area contributed by atoms with Crippen molar-refractivity contribution < 1.29 is 4.79 Å². The smallest absolute Gasteiger partial charge is 0.315 e. The lowest BCUT2D eigenvalue weighted by Gasteiger charge is -2.04. The fraction of sp³-hybridized carbons (Fsp3) is 0.250. The number of allylic oxidation sites excluding steroid dienone is 1. The summed E-state index contributed by atoms with van der Waals surface area (Å²) in [7, 11) is 0. The first-order chi connectivity index (χ1) is 7.58. The Hall–Kier alpha value is -1.48. The van der Waals surface area contributed by atoms with Crippen LogP contribution >= 0.6 is 11.6 Å². The maximum atomic E-state index is 11.4. The van der Waals surface area contributed by atoms with Gasteiger partial charge in [0.25, 0.3) is 0 Å². The number of halogens is 1. The zero-order valence-corrected chi connectivity index (χ0v) is 10.1. The van der Waals surface area contributed by atoms with E-state index in [0.717, 1.165) is 0 Å². The van der Waals surface area contributed by atoms with Crippen LogP contribution < -0.4 is 10.6 Å². The molecule has 16 heavy (non-hydrogen) atoms. The van der Waals surface area contributed by atoms with Crippen molar-refractivity contribution in [2.24, 2.45) is 5.92 Å². The van der Waals surface area contributed by atoms with Crippen LogP contribution in [0.1, 0.15) is 13.8 Å². The van der Waals surface area contributed by atoms with Crippen molar-refractivity contribution in [3.05, 3.63) is 41.6 Å².